The lowest BCUT2D eigenvalue weighted by Gasteiger charge is -2.34. The van der Waals surface area contributed by atoms with E-state index < -0.39 is 0 Å². The lowest BCUT2D eigenvalue weighted by atomic mass is 9.89. The molecule has 1 N–H and O–H groups in total. The number of aliphatic hydroxyl groups is 1. The Morgan fingerprint density at radius 1 is 0.903 bits per heavy atom. The van der Waals surface area contributed by atoms with E-state index in [9.17, 15) is 9.90 Å². The molecule has 0 spiro atoms. The second-order valence-electron chi connectivity index (χ2n) is 8.33. The molecule has 0 aliphatic carbocycles. The Bertz CT molecular complexity index is 923. The van der Waals surface area contributed by atoms with Crippen LogP contribution in [0.3, 0.4) is 0 Å². The summed E-state index contributed by atoms with van der Waals surface area (Å²) < 4.78 is 0. The third-order valence-corrected chi connectivity index (χ3v) is 6.19. The van der Waals surface area contributed by atoms with Gasteiger partial charge >= 0.3 is 0 Å². The Hall–Kier alpha value is -2.95. The standard InChI is InChI=1S/C27H30N2O2/c1-28(25(21-11-5-2-6-12-21)20-29-18-17-24(30)19-29)27(31)26(22-13-7-3-8-14-22)23-15-9-4-10-16-23/h2-16,24-26,30H,17-20H2,1H3. The van der Waals surface area contributed by atoms with Gasteiger partial charge in [-0.25, -0.2) is 0 Å². The van der Waals surface area contributed by atoms with Crippen molar-refractivity contribution in [2.45, 2.75) is 24.5 Å². The van der Waals surface area contributed by atoms with Crippen LogP contribution in [0.15, 0.2) is 91.0 Å². The van der Waals surface area contributed by atoms with Crippen LogP contribution >= 0.6 is 0 Å². The van der Waals surface area contributed by atoms with Crippen LogP contribution in [0.25, 0.3) is 0 Å². The zero-order valence-electron chi connectivity index (χ0n) is 18.0. The second kappa shape index (κ2) is 9.90. The lowest BCUT2D eigenvalue weighted by Crippen LogP contribution is -2.41. The highest BCUT2D eigenvalue weighted by Gasteiger charge is 2.32. The summed E-state index contributed by atoms with van der Waals surface area (Å²) in [5.74, 6) is -0.284. The molecule has 4 rings (SSSR count). The van der Waals surface area contributed by atoms with Crippen LogP contribution in [-0.2, 0) is 4.79 Å². The maximum atomic E-state index is 14.0. The number of hydrogen-bond acceptors (Lipinski definition) is 3. The number of aliphatic hydroxyl groups excluding tert-OH is 1. The first-order valence-corrected chi connectivity index (χ1v) is 11.0. The topological polar surface area (TPSA) is 43.8 Å². The number of likely N-dealkylation sites (N-methyl/N-ethyl adjacent to an activating group) is 1. The molecule has 1 aliphatic heterocycles. The van der Waals surface area contributed by atoms with Crippen LogP contribution in [0.2, 0.25) is 0 Å². The van der Waals surface area contributed by atoms with Crippen molar-refractivity contribution in [1.29, 1.82) is 0 Å². The number of nitrogens with zero attached hydrogens (tertiary/aromatic N) is 2. The predicted molar refractivity (Wildman–Crippen MR) is 124 cm³/mol. The molecule has 31 heavy (non-hydrogen) atoms. The fourth-order valence-electron chi connectivity index (χ4n) is 4.48. The molecule has 1 fully saturated rings. The molecule has 4 heteroatoms. The molecule has 0 saturated carbocycles. The third-order valence-electron chi connectivity index (χ3n) is 6.19. The van der Waals surface area contributed by atoms with Gasteiger partial charge in [-0.15, -0.1) is 0 Å². The summed E-state index contributed by atoms with van der Waals surface area (Å²) in [5, 5.41) is 9.99. The maximum absolute atomic E-state index is 14.0. The minimum Gasteiger partial charge on any atom is -0.392 e. The molecule has 1 saturated heterocycles. The Balaban J connectivity index is 1.66. The van der Waals surface area contributed by atoms with E-state index in [-0.39, 0.29) is 24.0 Å². The highest BCUT2D eigenvalue weighted by molar-refractivity contribution is 5.87. The van der Waals surface area contributed by atoms with Crippen molar-refractivity contribution in [3.63, 3.8) is 0 Å². The summed E-state index contributed by atoms with van der Waals surface area (Å²) in [5.41, 5.74) is 3.10. The summed E-state index contributed by atoms with van der Waals surface area (Å²) in [7, 11) is 1.91. The summed E-state index contributed by atoms with van der Waals surface area (Å²) in [4.78, 5) is 18.1. The number of hydrogen-bond donors (Lipinski definition) is 1. The van der Waals surface area contributed by atoms with Gasteiger partial charge in [-0.2, -0.15) is 0 Å². The molecule has 3 aromatic carbocycles. The average Bonchev–Trinajstić information content (AvgIpc) is 3.24. The largest absolute Gasteiger partial charge is 0.392 e. The van der Waals surface area contributed by atoms with Crippen molar-refractivity contribution in [3.05, 3.63) is 108 Å². The zero-order valence-corrected chi connectivity index (χ0v) is 18.0. The molecular formula is C27H30N2O2. The molecule has 0 radical (unpaired) electrons. The predicted octanol–water partition coefficient (Wildman–Crippen LogP) is 4.08. The van der Waals surface area contributed by atoms with Gasteiger partial charge < -0.3 is 10.0 Å². The molecule has 1 heterocycles. The quantitative estimate of drug-likeness (QED) is 0.633. The normalized spacial score (nSPS) is 17.6. The number of carbonyl (C=O) groups is 1. The van der Waals surface area contributed by atoms with E-state index in [0.29, 0.717) is 13.1 Å². The monoisotopic (exact) mass is 414 g/mol. The van der Waals surface area contributed by atoms with E-state index in [1.807, 2.05) is 90.8 Å². The Kier molecular flexibility index (Phi) is 6.80. The molecule has 3 aromatic rings. The van der Waals surface area contributed by atoms with Crippen LogP contribution in [-0.4, -0.2) is 53.6 Å². The Morgan fingerprint density at radius 2 is 1.39 bits per heavy atom. The van der Waals surface area contributed by atoms with E-state index in [2.05, 4.69) is 17.0 Å². The van der Waals surface area contributed by atoms with Gasteiger partial charge in [-0.3, -0.25) is 9.69 Å². The van der Waals surface area contributed by atoms with Gasteiger partial charge in [-0.05, 0) is 23.1 Å². The molecule has 0 bridgehead atoms. The number of likely N-dealkylation sites (tertiary alicyclic amines) is 1. The first-order valence-electron chi connectivity index (χ1n) is 11.0. The van der Waals surface area contributed by atoms with Gasteiger partial charge in [0.2, 0.25) is 5.91 Å². The van der Waals surface area contributed by atoms with E-state index in [4.69, 9.17) is 0 Å². The highest BCUT2D eigenvalue weighted by Crippen LogP contribution is 2.31. The smallest absolute Gasteiger partial charge is 0.234 e. The van der Waals surface area contributed by atoms with Crippen molar-refractivity contribution in [2.75, 3.05) is 26.7 Å². The van der Waals surface area contributed by atoms with Crippen molar-refractivity contribution in [3.8, 4) is 0 Å². The van der Waals surface area contributed by atoms with Crippen molar-refractivity contribution >= 4 is 5.91 Å². The number of carbonyl (C=O) groups excluding carboxylic acids is 1. The van der Waals surface area contributed by atoms with Crippen LogP contribution < -0.4 is 0 Å². The summed E-state index contributed by atoms with van der Waals surface area (Å²) in [6, 6.07) is 30.1. The lowest BCUT2D eigenvalue weighted by molar-refractivity contribution is -0.133. The van der Waals surface area contributed by atoms with Gasteiger partial charge in [-0.1, -0.05) is 91.0 Å². The maximum Gasteiger partial charge on any atom is 0.234 e. The minimum atomic E-state index is -0.359. The number of benzene rings is 3. The van der Waals surface area contributed by atoms with E-state index in [1.165, 1.54) is 0 Å². The molecule has 160 valence electrons. The number of amides is 1. The highest BCUT2D eigenvalue weighted by atomic mass is 16.3. The van der Waals surface area contributed by atoms with Gasteiger partial charge in [0, 0.05) is 26.7 Å². The zero-order chi connectivity index (χ0) is 21.6. The molecule has 4 nitrogen and oxygen atoms in total. The Labute approximate surface area is 184 Å². The van der Waals surface area contributed by atoms with Crippen molar-refractivity contribution in [1.82, 2.24) is 9.80 Å². The van der Waals surface area contributed by atoms with Gasteiger partial charge in [0.05, 0.1) is 18.1 Å². The number of β-amino-alcohol motifs (C(OH)–C–C–N with tert-alkyl or cyclic N) is 1. The SMILES string of the molecule is CN(C(=O)C(c1ccccc1)c1ccccc1)C(CN1CCC(O)C1)c1ccccc1. The van der Waals surface area contributed by atoms with E-state index in [0.717, 1.165) is 29.7 Å². The first kappa shape index (κ1) is 21.3. The average molecular weight is 415 g/mol. The molecule has 1 aliphatic rings. The summed E-state index contributed by atoms with van der Waals surface area (Å²) in [6.45, 7) is 2.22. The van der Waals surface area contributed by atoms with Crippen molar-refractivity contribution < 1.29 is 9.90 Å². The van der Waals surface area contributed by atoms with Gasteiger partial charge in [0.25, 0.3) is 0 Å². The molecule has 1 amide bonds. The summed E-state index contributed by atoms with van der Waals surface area (Å²) >= 11 is 0. The fourth-order valence-corrected chi connectivity index (χ4v) is 4.48. The molecule has 0 aromatic heterocycles. The summed E-state index contributed by atoms with van der Waals surface area (Å²) in [6.07, 6.45) is 0.509. The molecule has 2 unspecified atom stereocenters. The molecular weight excluding hydrogens is 384 g/mol. The second-order valence-corrected chi connectivity index (χ2v) is 8.33. The molecule has 2 atom stereocenters. The number of rotatable bonds is 7. The minimum absolute atomic E-state index is 0.0750. The van der Waals surface area contributed by atoms with Crippen LogP contribution in [0.5, 0.6) is 0 Å². The van der Waals surface area contributed by atoms with Crippen LogP contribution in [0.1, 0.15) is 35.1 Å². The van der Waals surface area contributed by atoms with Gasteiger partial charge in [0.1, 0.15) is 0 Å². The van der Waals surface area contributed by atoms with Crippen molar-refractivity contribution in [2.24, 2.45) is 0 Å². The van der Waals surface area contributed by atoms with Crippen LogP contribution in [0, 0.1) is 0 Å². The van der Waals surface area contributed by atoms with Gasteiger partial charge in [0.15, 0.2) is 0 Å². The van der Waals surface area contributed by atoms with E-state index in [1.54, 1.807) is 0 Å². The van der Waals surface area contributed by atoms with Crippen LogP contribution in [0.4, 0.5) is 0 Å². The first-order chi connectivity index (χ1) is 15.1. The van der Waals surface area contributed by atoms with E-state index >= 15 is 0 Å². The Morgan fingerprint density at radius 3 is 1.84 bits per heavy atom. The fraction of sp³-hybridized carbons (Fsp3) is 0.296. The third kappa shape index (κ3) is 5.04.